The quantitative estimate of drug-likeness (QED) is 0.170. The lowest BCUT2D eigenvalue weighted by molar-refractivity contribution is 0.365. The van der Waals surface area contributed by atoms with E-state index in [1.54, 1.807) is 59.7 Å². The van der Waals surface area contributed by atoms with Crippen molar-refractivity contribution in [3.05, 3.63) is 72.8 Å². The van der Waals surface area contributed by atoms with Gasteiger partial charge in [0, 0.05) is 0 Å². The van der Waals surface area contributed by atoms with Crippen molar-refractivity contribution in [1.82, 2.24) is 0 Å². The molecule has 4 heteroatoms. The normalized spacial score (nSPS) is 45.5. The Hall–Kier alpha value is -0.880. The van der Waals surface area contributed by atoms with Crippen LogP contribution in [-0.2, 0) is 0 Å². The smallest absolute Gasteiger partial charge is 0.00155 e. The molecule has 0 aliphatic carbocycles. The van der Waals surface area contributed by atoms with Gasteiger partial charge in [0.2, 0.25) is 0 Å². The van der Waals surface area contributed by atoms with E-state index in [-0.39, 0.29) is 15.8 Å². The van der Waals surface area contributed by atoms with Gasteiger partial charge in [0.05, 0.1) is 0 Å². The highest BCUT2D eigenvalue weighted by Crippen LogP contribution is 2.73. The topological polar surface area (TPSA) is 0 Å². The van der Waals surface area contributed by atoms with E-state index in [4.69, 9.17) is 0 Å². The van der Waals surface area contributed by atoms with Gasteiger partial charge in [-0.3, -0.25) is 0 Å². The molecule has 8 fully saturated rings. The molecule has 8 aliphatic heterocycles. The third-order valence-electron chi connectivity index (χ3n) is 18.5. The third-order valence-corrected chi connectivity index (χ3v) is 34.2. The summed E-state index contributed by atoms with van der Waals surface area (Å²) >= 11 is 0. The van der Waals surface area contributed by atoms with E-state index >= 15 is 0 Å². The van der Waals surface area contributed by atoms with Gasteiger partial charge in [-0.25, -0.2) is 0 Å². The summed E-state index contributed by atoms with van der Waals surface area (Å²) in [5.41, 5.74) is 11.6. The van der Waals surface area contributed by atoms with Gasteiger partial charge >= 0.3 is 0 Å². The first-order chi connectivity index (χ1) is 28.1. The molecule has 4 aromatic rings. The zero-order valence-corrected chi connectivity index (χ0v) is 40.6. The van der Waals surface area contributed by atoms with Crippen LogP contribution in [0.1, 0.15) is 107 Å². The molecule has 308 valence electrons. The molecule has 8 unspecified atom stereocenters. The highest BCUT2D eigenvalue weighted by Gasteiger charge is 2.54. The van der Waals surface area contributed by atoms with Crippen LogP contribution in [0.5, 0.6) is 0 Å². The molecule has 8 bridgehead atoms. The van der Waals surface area contributed by atoms with Crippen molar-refractivity contribution in [2.45, 2.75) is 152 Å². The van der Waals surface area contributed by atoms with Gasteiger partial charge in [-0.05, 0) is 200 Å². The predicted octanol–water partition coefficient (Wildman–Crippen LogP) is 15.1. The summed E-state index contributed by atoms with van der Waals surface area (Å²) in [5.74, 6) is 7.83. The lowest BCUT2D eigenvalue weighted by atomic mass is 9.84. The SMILES string of the molecule is C[C@@H]1CC2[C@H](C)CC1P2CCP1C2C[C@@H](C)C1C[C@H]2C.C[C@@H]1CC2[C@H](C)CC1P2c1ccc2ccccc2c1-c1c(P2C3C[C@@H](C)C2C[C@H]3C)ccc2ccccc12. The zero-order chi connectivity index (χ0) is 39.7. The average molecular weight is 845 g/mol. The first-order valence-corrected chi connectivity index (χ1v) is 30.5. The molecular weight excluding hydrogens is 772 g/mol. The highest BCUT2D eigenvalue weighted by molar-refractivity contribution is 7.69. The Morgan fingerprint density at radius 1 is 0.345 bits per heavy atom. The molecule has 0 amide bonds. The van der Waals surface area contributed by atoms with Crippen molar-refractivity contribution in [2.75, 3.05) is 12.3 Å². The van der Waals surface area contributed by atoms with Gasteiger partial charge < -0.3 is 0 Å². The minimum atomic E-state index is -0.145. The Labute approximate surface area is 357 Å². The molecule has 0 aromatic heterocycles. The first-order valence-electron chi connectivity index (χ1n) is 24.2. The molecule has 0 saturated carbocycles. The standard InChI is InChI=1S/C36H40P2.C18H32P2/c1-21-17-32-22(2)18-31(21)37(32)29-15-13-25-9-5-7-11-27(25)35(29)36-28-12-8-6-10-26(28)14-16-30(36)38-33-20-24(4)34(38)19-23(33)3;1-11-7-16-12(2)8-15(11)19(16)5-6-20-17-10-14(4)18(20)9-13(17)3/h5-16,21-24,31-34H,17-20H2,1-4H3;11-18H,5-10H2,1-4H3/t21-,22-,23-,24-,31?,32?,33?,34?,37?,38?;11-,12-,13-,14-,15?,16?,17?,18?,19?,20?/m11/s1. The number of benzene rings is 4. The van der Waals surface area contributed by atoms with Gasteiger partial charge in [0.25, 0.3) is 0 Å². The van der Waals surface area contributed by atoms with E-state index in [0.717, 1.165) is 70.0 Å². The molecule has 16 atom stereocenters. The summed E-state index contributed by atoms with van der Waals surface area (Å²) < 4.78 is 0. The van der Waals surface area contributed by atoms with Crippen LogP contribution in [0.3, 0.4) is 0 Å². The van der Waals surface area contributed by atoms with Crippen LogP contribution < -0.4 is 10.6 Å². The largest absolute Gasteiger partial charge is 0.0994 e. The van der Waals surface area contributed by atoms with E-state index in [9.17, 15) is 0 Å². The monoisotopic (exact) mass is 844 g/mol. The van der Waals surface area contributed by atoms with Crippen LogP contribution in [0.15, 0.2) is 72.8 Å². The number of fused-ring (bicyclic) bond motifs is 10. The maximum atomic E-state index is 2.60. The fraction of sp³-hybridized carbons (Fsp3) is 0.630. The van der Waals surface area contributed by atoms with Gasteiger partial charge in [0.1, 0.15) is 0 Å². The van der Waals surface area contributed by atoms with Gasteiger partial charge in [0.15, 0.2) is 0 Å². The van der Waals surface area contributed by atoms with Crippen LogP contribution >= 0.6 is 31.7 Å². The molecule has 12 rings (SSSR count). The molecule has 4 aromatic carbocycles. The summed E-state index contributed by atoms with van der Waals surface area (Å²) in [7, 11) is 0.563. The fourth-order valence-electron chi connectivity index (χ4n) is 15.6. The molecule has 0 radical (unpaired) electrons. The van der Waals surface area contributed by atoms with E-state index < -0.39 is 0 Å². The highest BCUT2D eigenvalue weighted by atomic mass is 31.1. The maximum absolute atomic E-state index is 2.60. The molecule has 8 aliphatic rings. The Bertz CT molecular complexity index is 1960. The lowest BCUT2D eigenvalue weighted by Gasteiger charge is -2.28. The van der Waals surface area contributed by atoms with Crippen molar-refractivity contribution in [2.24, 2.45) is 47.3 Å². The summed E-state index contributed by atoms with van der Waals surface area (Å²) in [6, 6.07) is 28.8. The van der Waals surface area contributed by atoms with Crippen LogP contribution in [0.4, 0.5) is 0 Å². The molecule has 8 saturated heterocycles. The van der Waals surface area contributed by atoms with Crippen LogP contribution in [-0.4, -0.2) is 57.6 Å². The minimum absolute atomic E-state index is 0.145. The van der Waals surface area contributed by atoms with Gasteiger partial charge in [-0.2, -0.15) is 0 Å². The zero-order valence-electron chi connectivity index (χ0n) is 37.0. The molecular formula is C54H72P4. The van der Waals surface area contributed by atoms with Crippen LogP contribution in [0, 0.1) is 47.3 Å². The van der Waals surface area contributed by atoms with Crippen molar-refractivity contribution in [1.29, 1.82) is 0 Å². The summed E-state index contributed by atoms with van der Waals surface area (Å²) in [6.45, 7) is 20.4. The summed E-state index contributed by atoms with van der Waals surface area (Å²) in [6.07, 6.45) is 15.5. The van der Waals surface area contributed by atoms with Crippen molar-refractivity contribution in [3.63, 3.8) is 0 Å². The molecule has 0 spiro atoms. The van der Waals surface area contributed by atoms with E-state index in [1.165, 1.54) is 69.9 Å². The first kappa shape index (κ1) is 39.9. The van der Waals surface area contributed by atoms with Crippen LogP contribution in [0.25, 0.3) is 32.7 Å². The molecule has 0 N–H and O–H groups in total. The molecule has 0 nitrogen and oxygen atoms in total. The minimum Gasteiger partial charge on any atom is -0.0994 e. The number of rotatable bonds is 6. The Morgan fingerprint density at radius 2 is 0.621 bits per heavy atom. The third kappa shape index (κ3) is 6.30. The lowest BCUT2D eigenvalue weighted by Crippen LogP contribution is -2.19. The van der Waals surface area contributed by atoms with Gasteiger partial charge in [-0.15, -0.1) is 0 Å². The summed E-state index contributed by atoms with van der Waals surface area (Å²) in [5, 5.41) is 9.30. The molecule has 58 heavy (non-hydrogen) atoms. The average Bonchev–Trinajstić information content (AvgIpc) is 4.10. The second-order valence-corrected chi connectivity index (χ2v) is 32.7. The maximum Gasteiger partial charge on any atom is -0.00155 e. The second-order valence-electron chi connectivity index (χ2n) is 21.9. The predicted molar refractivity (Wildman–Crippen MR) is 264 cm³/mol. The second kappa shape index (κ2) is 15.4. The molecule has 8 heterocycles. The Kier molecular flexibility index (Phi) is 10.6. The fourth-order valence-corrected chi connectivity index (χ4v) is 34.1. The Balaban J connectivity index is 0.000000162. The van der Waals surface area contributed by atoms with Gasteiger partial charge in [-0.1, -0.05) is 160 Å². The number of hydrogen-bond acceptors (Lipinski definition) is 0. The Morgan fingerprint density at radius 3 is 0.948 bits per heavy atom. The van der Waals surface area contributed by atoms with E-state index in [0.29, 0.717) is 15.8 Å². The summed E-state index contributed by atoms with van der Waals surface area (Å²) in [4.78, 5) is 0. The van der Waals surface area contributed by atoms with Crippen molar-refractivity contribution >= 4 is 63.8 Å². The van der Waals surface area contributed by atoms with E-state index in [1.807, 2.05) is 0 Å². The van der Waals surface area contributed by atoms with Crippen molar-refractivity contribution < 1.29 is 0 Å². The van der Waals surface area contributed by atoms with Crippen LogP contribution in [0.2, 0.25) is 0 Å². The number of hydrogen-bond donors (Lipinski definition) is 0. The van der Waals surface area contributed by atoms with E-state index in [2.05, 4.69) is 128 Å². The van der Waals surface area contributed by atoms with Crippen molar-refractivity contribution in [3.8, 4) is 11.1 Å².